The van der Waals surface area contributed by atoms with Crippen molar-refractivity contribution in [3.63, 3.8) is 0 Å². The SMILES string of the molecule is N#Cc1cccnc1N1CCCN(C(=O)C2CCCN(C(=O)c3cccc4ccccc34)C2)CC1. The Labute approximate surface area is 205 Å². The van der Waals surface area contributed by atoms with Gasteiger partial charge in [-0.2, -0.15) is 5.26 Å². The minimum atomic E-state index is -0.182. The van der Waals surface area contributed by atoms with E-state index in [2.05, 4.69) is 16.0 Å². The number of aromatic nitrogens is 1. The number of hydrogen-bond acceptors (Lipinski definition) is 5. The molecule has 1 aromatic heterocycles. The third-order valence-electron chi connectivity index (χ3n) is 7.09. The third kappa shape index (κ3) is 4.69. The smallest absolute Gasteiger partial charge is 0.254 e. The molecule has 2 saturated heterocycles. The van der Waals surface area contributed by atoms with Gasteiger partial charge in [-0.1, -0.05) is 36.4 Å². The molecule has 1 unspecified atom stereocenters. The van der Waals surface area contributed by atoms with Crippen molar-refractivity contribution >= 4 is 28.4 Å². The molecule has 2 aliphatic rings. The van der Waals surface area contributed by atoms with Gasteiger partial charge in [0.05, 0.1) is 11.5 Å². The molecule has 3 heterocycles. The average Bonchev–Trinajstić information content (AvgIpc) is 3.18. The molecule has 2 aliphatic heterocycles. The number of benzene rings is 2. The van der Waals surface area contributed by atoms with Crippen LogP contribution in [0, 0.1) is 17.2 Å². The monoisotopic (exact) mass is 467 g/mol. The van der Waals surface area contributed by atoms with E-state index in [-0.39, 0.29) is 17.7 Å². The van der Waals surface area contributed by atoms with Gasteiger partial charge in [-0.15, -0.1) is 0 Å². The predicted octanol–water partition coefficient (Wildman–Crippen LogP) is 3.70. The number of carbonyl (C=O) groups excluding carboxylic acids is 2. The number of carbonyl (C=O) groups is 2. The molecule has 0 N–H and O–H groups in total. The molecule has 0 bridgehead atoms. The third-order valence-corrected chi connectivity index (χ3v) is 7.09. The Morgan fingerprint density at radius 2 is 1.71 bits per heavy atom. The number of nitrogens with zero attached hydrogens (tertiary/aromatic N) is 5. The summed E-state index contributed by atoms with van der Waals surface area (Å²) in [6, 6.07) is 19.5. The zero-order chi connectivity index (χ0) is 24.2. The molecule has 0 radical (unpaired) electrons. The number of piperidine rings is 1. The Morgan fingerprint density at radius 3 is 2.60 bits per heavy atom. The van der Waals surface area contributed by atoms with Crippen LogP contribution in [0.4, 0.5) is 5.82 Å². The maximum atomic E-state index is 13.5. The van der Waals surface area contributed by atoms with Crippen LogP contribution in [0.1, 0.15) is 35.2 Å². The topological polar surface area (TPSA) is 80.5 Å². The van der Waals surface area contributed by atoms with E-state index in [1.807, 2.05) is 52.3 Å². The van der Waals surface area contributed by atoms with Crippen LogP contribution in [-0.4, -0.2) is 65.9 Å². The van der Waals surface area contributed by atoms with Gasteiger partial charge in [0.2, 0.25) is 5.91 Å². The van der Waals surface area contributed by atoms with Gasteiger partial charge in [0, 0.05) is 51.0 Å². The summed E-state index contributed by atoms with van der Waals surface area (Å²) in [5.74, 6) is 0.636. The van der Waals surface area contributed by atoms with Crippen molar-refractivity contribution in [2.24, 2.45) is 5.92 Å². The lowest BCUT2D eigenvalue weighted by molar-refractivity contribution is -0.136. The highest BCUT2D eigenvalue weighted by molar-refractivity contribution is 6.07. The van der Waals surface area contributed by atoms with Crippen LogP contribution >= 0.6 is 0 Å². The highest BCUT2D eigenvalue weighted by atomic mass is 16.2. The number of pyridine rings is 1. The van der Waals surface area contributed by atoms with Gasteiger partial charge in [0.15, 0.2) is 0 Å². The van der Waals surface area contributed by atoms with Crippen molar-refractivity contribution < 1.29 is 9.59 Å². The summed E-state index contributed by atoms with van der Waals surface area (Å²) in [6.07, 6.45) is 4.15. The molecule has 2 amide bonds. The number of rotatable bonds is 3. The second kappa shape index (κ2) is 10.1. The van der Waals surface area contributed by atoms with Crippen molar-refractivity contribution in [1.82, 2.24) is 14.8 Å². The number of likely N-dealkylation sites (tertiary alicyclic amines) is 1. The van der Waals surface area contributed by atoms with E-state index in [1.54, 1.807) is 18.3 Å². The van der Waals surface area contributed by atoms with Gasteiger partial charge >= 0.3 is 0 Å². The van der Waals surface area contributed by atoms with Crippen molar-refractivity contribution in [3.8, 4) is 6.07 Å². The van der Waals surface area contributed by atoms with Crippen molar-refractivity contribution in [1.29, 1.82) is 5.26 Å². The zero-order valence-electron chi connectivity index (χ0n) is 19.8. The Kier molecular flexibility index (Phi) is 6.62. The van der Waals surface area contributed by atoms with Crippen LogP contribution in [0.25, 0.3) is 10.8 Å². The summed E-state index contributed by atoms with van der Waals surface area (Å²) in [6.45, 7) is 3.80. The summed E-state index contributed by atoms with van der Waals surface area (Å²) in [5, 5.41) is 11.4. The van der Waals surface area contributed by atoms with E-state index >= 15 is 0 Å². The summed E-state index contributed by atoms with van der Waals surface area (Å²) < 4.78 is 0. The van der Waals surface area contributed by atoms with Crippen LogP contribution in [0.3, 0.4) is 0 Å². The van der Waals surface area contributed by atoms with Crippen LogP contribution in [0.15, 0.2) is 60.8 Å². The van der Waals surface area contributed by atoms with Crippen LogP contribution in [0.2, 0.25) is 0 Å². The molecule has 0 spiro atoms. The molecule has 178 valence electrons. The Balaban J connectivity index is 1.26. The van der Waals surface area contributed by atoms with Crippen LogP contribution < -0.4 is 4.90 Å². The first kappa shape index (κ1) is 22.9. The van der Waals surface area contributed by atoms with E-state index < -0.39 is 0 Å². The first-order valence-electron chi connectivity index (χ1n) is 12.3. The minimum Gasteiger partial charge on any atom is -0.354 e. The van der Waals surface area contributed by atoms with Crippen molar-refractivity contribution in [2.45, 2.75) is 19.3 Å². The number of fused-ring (bicyclic) bond motifs is 1. The molecular weight excluding hydrogens is 438 g/mol. The molecule has 5 rings (SSSR count). The molecular formula is C28H29N5O2. The fraction of sp³-hybridized carbons (Fsp3) is 0.357. The van der Waals surface area contributed by atoms with Gasteiger partial charge in [-0.3, -0.25) is 9.59 Å². The van der Waals surface area contributed by atoms with Gasteiger partial charge < -0.3 is 14.7 Å². The largest absolute Gasteiger partial charge is 0.354 e. The zero-order valence-corrected chi connectivity index (χ0v) is 19.8. The van der Waals surface area contributed by atoms with E-state index in [0.29, 0.717) is 49.7 Å². The minimum absolute atomic E-state index is 0.000487. The Morgan fingerprint density at radius 1 is 0.886 bits per heavy atom. The summed E-state index contributed by atoms with van der Waals surface area (Å²) in [7, 11) is 0. The summed E-state index contributed by atoms with van der Waals surface area (Å²) in [4.78, 5) is 37.2. The molecule has 0 aliphatic carbocycles. The van der Waals surface area contributed by atoms with Gasteiger partial charge in [-0.25, -0.2) is 4.98 Å². The van der Waals surface area contributed by atoms with Gasteiger partial charge in [0.25, 0.3) is 5.91 Å². The van der Waals surface area contributed by atoms with E-state index in [1.165, 1.54) is 0 Å². The standard InChI is InChI=1S/C28H29N5O2/c29-19-22-9-4-13-30-26(22)31-15-6-16-32(18-17-31)27(34)23-10-5-14-33(20-23)28(35)25-12-3-8-21-7-1-2-11-24(21)25/h1-4,7-9,11-13,23H,5-6,10,14-18,20H2. The predicted molar refractivity (Wildman–Crippen MR) is 135 cm³/mol. The molecule has 0 saturated carbocycles. The number of amides is 2. The lowest BCUT2D eigenvalue weighted by atomic mass is 9.95. The summed E-state index contributed by atoms with van der Waals surface area (Å²) in [5.41, 5.74) is 1.26. The van der Waals surface area contributed by atoms with Gasteiger partial charge in [0.1, 0.15) is 11.9 Å². The fourth-order valence-corrected chi connectivity index (χ4v) is 5.29. The van der Waals surface area contributed by atoms with Crippen molar-refractivity contribution in [2.75, 3.05) is 44.2 Å². The van der Waals surface area contributed by atoms with E-state index in [4.69, 9.17) is 0 Å². The first-order valence-corrected chi connectivity index (χ1v) is 12.3. The second-order valence-corrected chi connectivity index (χ2v) is 9.27. The van der Waals surface area contributed by atoms with Gasteiger partial charge in [-0.05, 0) is 48.2 Å². The maximum Gasteiger partial charge on any atom is 0.254 e. The Hall–Kier alpha value is -3.92. The maximum absolute atomic E-state index is 13.5. The molecule has 1 atom stereocenters. The number of nitriles is 1. The highest BCUT2D eigenvalue weighted by Crippen LogP contribution is 2.25. The quantitative estimate of drug-likeness (QED) is 0.587. The highest BCUT2D eigenvalue weighted by Gasteiger charge is 2.33. The molecule has 2 aromatic carbocycles. The van der Waals surface area contributed by atoms with Crippen LogP contribution in [0.5, 0.6) is 0 Å². The Bertz CT molecular complexity index is 1280. The molecule has 3 aromatic rings. The second-order valence-electron chi connectivity index (χ2n) is 9.27. The molecule has 7 heteroatoms. The molecule has 2 fully saturated rings. The van der Waals surface area contributed by atoms with Crippen molar-refractivity contribution in [3.05, 3.63) is 71.9 Å². The molecule has 7 nitrogen and oxygen atoms in total. The number of hydrogen-bond donors (Lipinski definition) is 0. The van der Waals surface area contributed by atoms with E-state index in [9.17, 15) is 14.9 Å². The lowest BCUT2D eigenvalue weighted by Gasteiger charge is -2.35. The average molecular weight is 468 g/mol. The number of anilines is 1. The lowest BCUT2D eigenvalue weighted by Crippen LogP contribution is -2.47. The van der Waals surface area contributed by atoms with E-state index in [0.717, 1.165) is 36.6 Å². The first-order chi connectivity index (χ1) is 17.2. The normalized spacial score (nSPS) is 18.7. The van der Waals surface area contributed by atoms with Crippen LogP contribution in [-0.2, 0) is 4.79 Å². The molecule has 35 heavy (non-hydrogen) atoms. The fourth-order valence-electron chi connectivity index (χ4n) is 5.29. The summed E-state index contributed by atoms with van der Waals surface area (Å²) >= 11 is 0.